The average Bonchev–Trinajstić information content (AvgIpc) is 3.36. The van der Waals surface area contributed by atoms with Crippen LogP contribution in [-0.2, 0) is 9.59 Å². The van der Waals surface area contributed by atoms with E-state index in [9.17, 15) is 9.59 Å². The Morgan fingerprint density at radius 2 is 1.62 bits per heavy atom. The molecule has 4 nitrogen and oxygen atoms in total. The molecule has 1 aromatic carbocycles. The molecule has 130 valence electrons. The van der Waals surface area contributed by atoms with E-state index in [1.54, 1.807) is 18.2 Å². The van der Waals surface area contributed by atoms with Gasteiger partial charge in [-0.1, -0.05) is 55.0 Å². The van der Waals surface area contributed by atoms with Crippen molar-refractivity contribution in [3.8, 4) is 0 Å². The summed E-state index contributed by atoms with van der Waals surface area (Å²) in [5.74, 6) is -0.642. The second-order valence-corrected chi connectivity index (χ2v) is 7.52. The van der Waals surface area contributed by atoms with Gasteiger partial charge in [-0.25, -0.2) is 0 Å². The number of amides is 2. The molecule has 0 bridgehead atoms. The lowest BCUT2D eigenvalue weighted by Gasteiger charge is -2.16. The van der Waals surface area contributed by atoms with Crippen LogP contribution < -0.4 is 10.6 Å². The highest BCUT2D eigenvalue weighted by Crippen LogP contribution is 2.40. The smallest absolute Gasteiger partial charge is 0.228 e. The second kappa shape index (κ2) is 7.75. The van der Waals surface area contributed by atoms with Gasteiger partial charge in [-0.15, -0.1) is 0 Å². The van der Waals surface area contributed by atoms with Crippen molar-refractivity contribution in [2.45, 2.75) is 51.0 Å². The summed E-state index contributed by atoms with van der Waals surface area (Å²) < 4.78 is 0. The van der Waals surface area contributed by atoms with Gasteiger partial charge in [-0.3, -0.25) is 9.59 Å². The molecule has 2 amide bonds. The third-order valence-corrected chi connectivity index (χ3v) is 5.69. The van der Waals surface area contributed by atoms with Crippen LogP contribution in [-0.4, -0.2) is 17.9 Å². The third kappa shape index (κ3) is 4.22. The number of carbonyl (C=O) groups is 2. The maximum atomic E-state index is 12.3. The predicted molar refractivity (Wildman–Crippen MR) is 96.3 cm³/mol. The van der Waals surface area contributed by atoms with Crippen molar-refractivity contribution in [2.24, 2.45) is 11.8 Å². The fraction of sp³-hybridized carbons (Fsp3) is 0.556. The van der Waals surface area contributed by atoms with Crippen molar-refractivity contribution < 1.29 is 9.59 Å². The first-order chi connectivity index (χ1) is 11.6. The van der Waals surface area contributed by atoms with Gasteiger partial charge in [0.15, 0.2) is 0 Å². The number of halogens is 2. The standard InChI is InChI=1S/C18H22Cl2N2O2/c19-14-8-5-9-15(16(14)20)22-18(24)13-10-12(13)17(23)21-11-6-3-1-2-4-7-11/h5,8-9,11-13H,1-4,6-7,10H2,(H,21,23)(H,22,24). The van der Waals surface area contributed by atoms with Crippen molar-refractivity contribution in [1.29, 1.82) is 0 Å². The summed E-state index contributed by atoms with van der Waals surface area (Å²) >= 11 is 12.0. The monoisotopic (exact) mass is 368 g/mol. The molecule has 0 heterocycles. The molecule has 2 saturated carbocycles. The summed E-state index contributed by atoms with van der Waals surface area (Å²) in [5, 5.41) is 6.62. The number of rotatable bonds is 4. The molecule has 2 N–H and O–H groups in total. The number of carbonyl (C=O) groups excluding carboxylic acids is 2. The van der Waals surface area contributed by atoms with E-state index < -0.39 is 0 Å². The molecule has 24 heavy (non-hydrogen) atoms. The van der Waals surface area contributed by atoms with Gasteiger partial charge in [0.05, 0.1) is 27.6 Å². The maximum absolute atomic E-state index is 12.3. The largest absolute Gasteiger partial charge is 0.353 e. The molecular formula is C18H22Cl2N2O2. The van der Waals surface area contributed by atoms with Crippen LogP contribution in [0.2, 0.25) is 10.0 Å². The number of anilines is 1. The molecule has 0 radical (unpaired) electrons. The van der Waals surface area contributed by atoms with Crippen LogP contribution in [0.15, 0.2) is 18.2 Å². The van der Waals surface area contributed by atoms with E-state index in [-0.39, 0.29) is 29.7 Å². The Bertz CT molecular complexity index is 627. The lowest BCUT2D eigenvalue weighted by molar-refractivity contribution is -0.125. The summed E-state index contributed by atoms with van der Waals surface area (Å²) in [6, 6.07) is 5.37. The van der Waals surface area contributed by atoms with E-state index >= 15 is 0 Å². The molecule has 1 aromatic rings. The van der Waals surface area contributed by atoms with Gasteiger partial charge in [-0.2, -0.15) is 0 Å². The number of nitrogens with one attached hydrogen (secondary N) is 2. The highest BCUT2D eigenvalue weighted by Gasteiger charge is 2.48. The van der Waals surface area contributed by atoms with Crippen LogP contribution in [0.25, 0.3) is 0 Å². The minimum absolute atomic E-state index is 0.0132. The molecule has 2 atom stereocenters. The Labute approximate surface area is 152 Å². The highest BCUT2D eigenvalue weighted by atomic mass is 35.5. The lowest BCUT2D eigenvalue weighted by atomic mass is 10.1. The average molecular weight is 369 g/mol. The first-order valence-electron chi connectivity index (χ1n) is 8.61. The van der Waals surface area contributed by atoms with E-state index in [0.717, 1.165) is 12.8 Å². The van der Waals surface area contributed by atoms with Gasteiger partial charge in [0.2, 0.25) is 11.8 Å². The Morgan fingerprint density at radius 3 is 2.33 bits per heavy atom. The zero-order valence-electron chi connectivity index (χ0n) is 13.5. The molecule has 0 aromatic heterocycles. The van der Waals surface area contributed by atoms with Crippen molar-refractivity contribution in [3.63, 3.8) is 0 Å². The lowest BCUT2D eigenvalue weighted by Crippen LogP contribution is -2.36. The molecule has 2 aliphatic rings. The minimum atomic E-state index is -0.272. The zero-order chi connectivity index (χ0) is 17.1. The molecule has 2 unspecified atom stereocenters. The van der Waals surface area contributed by atoms with Gasteiger partial charge in [0.25, 0.3) is 0 Å². The van der Waals surface area contributed by atoms with Crippen molar-refractivity contribution >= 4 is 40.7 Å². The zero-order valence-corrected chi connectivity index (χ0v) is 15.0. The van der Waals surface area contributed by atoms with E-state index in [1.807, 2.05) is 0 Å². The highest BCUT2D eigenvalue weighted by molar-refractivity contribution is 6.44. The van der Waals surface area contributed by atoms with E-state index in [1.165, 1.54) is 25.7 Å². The summed E-state index contributed by atoms with van der Waals surface area (Å²) in [7, 11) is 0. The molecule has 0 aliphatic heterocycles. The minimum Gasteiger partial charge on any atom is -0.353 e. The van der Waals surface area contributed by atoms with Gasteiger partial charge in [-0.05, 0) is 31.4 Å². The SMILES string of the molecule is O=C(Nc1cccc(Cl)c1Cl)C1CC1C(=O)NC1CCCCCC1. The van der Waals surface area contributed by atoms with Gasteiger partial charge < -0.3 is 10.6 Å². The quantitative estimate of drug-likeness (QED) is 0.773. The second-order valence-electron chi connectivity index (χ2n) is 6.74. The molecule has 0 spiro atoms. The normalized spacial score (nSPS) is 24.1. The Hall–Kier alpha value is -1.26. The van der Waals surface area contributed by atoms with Crippen LogP contribution in [0.4, 0.5) is 5.69 Å². The topological polar surface area (TPSA) is 58.2 Å². The Morgan fingerprint density at radius 1 is 0.958 bits per heavy atom. The number of hydrogen-bond acceptors (Lipinski definition) is 2. The van der Waals surface area contributed by atoms with Crippen LogP contribution >= 0.6 is 23.2 Å². The van der Waals surface area contributed by atoms with Crippen LogP contribution in [0.1, 0.15) is 44.9 Å². The summed E-state index contributed by atoms with van der Waals surface area (Å²) in [6.45, 7) is 0. The molecule has 0 saturated heterocycles. The van der Waals surface area contributed by atoms with Crippen molar-refractivity contribution in [3.05, 3.63) is 28.2 Å². The van der Waals surface area contributed by atoms with Gasteiger partial charge >= 0.3 is 0 Å². The summed E-state index contributed by atoms with van der Waals surface area (Å²) in [5.41, 5.74) is 0.490. The third-order valence-electron chi connectivity index (χ3n) is 4.87. The van der Waals surface area contributed by atoms with E-state index in [0.29, 0.717) is 22.2 Å². The van der Waals surface area contributed by atoms with Crippen molar-refractivity contribution in [2.75, 3.05) is 5.32 Å². The summed E-state index contributed by atoms with van der Waals surface area (Å²) in [6.07, 6.45) is 7.55. The van der Waals surface area contributed by atoms with E-state index in [4.69, 9.17) is 23.2 Å². The van der Waals surface area contributed by atoms with Gasteiger partial charge in [0, 0.05) is 6.04 Å². The number of benzene rings is 1. The Balaban J connectivity index is 1.51. The van der Waals surface area contributed by atoms with Crippen molar-refractivity contribution in [1.82, 2.24) is 5.32 Å². The fourth-order valence-corrected chi connectivity index (χ4v) is 3.68. The maximum Gasteiger partial charge on any atom is 0.228 e. The van der Waals surface area contributed by atoms with Crippen LogP contribution in [0.5, 0.6) is 0 Å². The van der Waals surface area contributed by atoms with Crippen LogP contribution in [0.3, 0.4) is 0 Å². The Kier molecular flexibility index (Phi) is 5.67. The fourth-order valence-electron chi connectivity index (χ4n) is 3.33. The predicted octanol–water partition coefficient (Wildman–Crippen LogP) is 4.41. The molecule has 2 aliphatic carbocycles. The number of hydrogen-bond donors (Lipinski definition) is 2. The van der Waals surface area contributed by atoms with Crippen LogP contribution in [0, 0.1) is 11.8 Å². The van der Waals surface area contributed by atoms with E-state index in [2.05, 4.69) is 10.6 Å². The first kappa shape index (κ1) is 17.6. The van der Waals surface area contributed by atoms with Gasteiger partial charge in [0.1, 0.15) is 0 Å². The molecular weight excluding hydrogens is 347 g/mol. The summed E-state index contributed by atoms with van der Waals surface area (Å²) in [4.78, 5) is 24.6. The first-order valence-corrected chi connectivity index (χ1v) is 9.37. The molecule has 3 rings (SSSR count). The molecule has 2 fully saturated rings. The molecule has 6 heteroatoms.